The molecule has 0 radical (unpaired) electrons. The van der Waals surface area contributed by atoms with Crippen LogP contribution in [0.4, 0.5) is 0 Å². The molecule has 0 atom stereocenters. The summed E-state index contributed by atoms with van der Waals surface area (Å²) in [6, 6.07) is 10.6. The lowest BCUT2D eigenvalue weighted by Crippen LogP contribution is -2.19. The third-order valence-corrected chi connectivity index (χ3v) is 8.38. The van der Waals surface area contributed by atoms with Crippen molar-refractivity contribution in [2.45, 2.75) is 110 Å². The maximum atomic E-state index is 12.6. The van der Waals surface area contributed by atoms with Gasteiger partial charge in [-0.2, -0.15) is 8.42 Å². The number of rotatable bonds is 17. The zero-order valence-corrected chi connectivity index (χ0v) is 24.5. The largest absolute Gasteiger partial charge is 0.302 e. The molecule has 0 bridgehead atoms. The third-order valence-electron chi connectivity index (χ3n) is 6.76. The summed E-state index contributed by atoms with van der Waals surface area (Å²) in [5.41, 5.74) is 6.71. The molecule has 2 rings (SSSR count). The minimum atomic E-state index is -3.68. The highest BCUT2D eigenvalue weighted by molar-refractivity contribution is 7.86. The van der Waals surface area contributed by atoms with E-state index in [1.165, 1.54) is 61.6 Å². The molecule has 2 aromatic carbocycles. The number of hydrogen-bond acceptors (Lipinski definition) is 4. The van der Waals surface area contributed by atoms with Crippen molar-refractivity contribution < 1.29 is 12.6 Å². The summed E-state index contributed by atoms with van der Waals surface area (Å²) >= 11 is 0. The molecule has 0 amide bonds. The van der Waals surface area contributed by atoms with Crippen molar-refractivity contribution in [2.75, 3.05) is 20.2 Å². The smallest absolute Gasteiger partial charge is 0.297 e. The van der Waals surface area contributed by atoms with E-state index < -0.39 is 10.1 Å². The monoisotopic (exact) mass is 515 g/mol. The molecule has 2 aromatic rings. The van der Waals surface area contributed by atoms with Crippen LogP contribution in [0.1, 0.15) is 97.6 Å². The Balaban J connectivity index is 1.45. The fourth-order valence-electron chi connectivity index (χ4n) is 5.24. The lowest BCUT2D eigenvalue weighted by atomic mass is 10.1. The molecule has 0 saturated heterocycles. The van der Waals surface area contributed by atoms with E-state index in [-0.39, 0.29) is 6.61 Å². The van der Waals surface area contributed by atoms with Gasteiger partial charge in [-0.3, -0.25) is 4.18 Å². The van der Waals surface area contributed by atoms with Crippen LogP contribution < -0.4 is 0 Å². The molecule has 0 heterocycles. The molecule has 0 spiro atoms. The average molecular weight is 516 g/mol. The van der Waals surface area contributed by atoms with Crippen LogP contribution in [-0.4, -0.2) is 33.5 Å². The maximum absolute atomic E-state index is 12.6. The van der Waals surface area contributed by atoms with Gasteiger partial charge in [0.15, 0.2) is 0 Å². The van der Waals surface area contributed by atoms with E-state index in [4.69, 9.17) is 4.18 Å². The first-order valence-electron chi connectivity index (χ1n) is 13.8. The molecule has 202 valence electrons. The van der Waals surface area contributed by atoms with Crippen molar-refractivity contribution in [3.8, 4) is 0 Å². The van der Waals surface area contributed by atoms with E-state index >= 15 is 0 Å². The standard InChI is InChI=1S/C31H49NO3S/c1-25-19-26(2)23-30(22-25)24-32(6)17-15-13-11-9-7-8-10-12-14-16-18-35-36(33,34)31-28(4)20-27(3)21-29(31)5/h19-23H,7-18,24H2,1-6H3. The molecule has 0 fully saturated rings. The van der Waals surface area contributed by atoms with Gasteiger partial charge in [-0.25, -0.2) is 0 Å². The van der Waals surface area contributed by atoms with Gasteiger partial charge in [0.05, 0.1) is 11.5 Å². The van der Waals surface area contributed by atoms with Crippen molar-refractivity contribution in [3.05, 3.63) is 63.7 Å². The van der Waals surface area contributed by atoms with Gasteiger partial charge in [0.2, 0.25) is 0 Å². The number of nitrogens with zero attached hydrogens (tertiary/aromatic N) is 1. The van der Waals surface area contributed by atoms with Gasteiger partial charge >= 0.3 is 0 Å². The molecule has 5 heteroatoms. The Bertz CT molecular complexity index is 1000. The molecule has 0 saturated carbocycles. The second-order valence-corrected chi connectivity index (χ2v) is 12.3. The fourth-order valence-corrected chi connectivity index (χ4v) is 6.60. The minimum Gasteiger partial charge on any atom is -0.302 e. The van der Waals surface area contributed by atoms with E-state index in [0.717, 1.165) is 49.0 Å². The van der Waals surface area contributed by atoms with Gasteiger partial charge in [0.1, 0.15) is 0 Å². The topological polar surface area (TPSA) is 46.6 Å². The fraction of sp³-hybridized carbons (Fsp3) is 0.613. The van der Waals surface area contributed by atoms with Gasteiger partial charge in [0.25, 0.3) is 10.1 Å². The summed E-state index contributed by atoms with van der Waals surface area (Å²) in [4.78, 5) is 2.77. The van der Waals surface area contributed by atoms with Crippen molar-refractivity contribution >= 4 is 10.1 Å². The molecule has 0 aliphatic rings. The summed E-state index contributed by atoms with van der Waals surface area (Å²) in [6.07, 6.45) is 12.0. The number of unbranched alkanes of at least 4 members (excludes halogenated alkanes) is 9. The Morgan fingerprint density at radius 1 is 0.639 bits per heavy atom. The molecule has 0 aliphatic heterocycles. The van der Waals surface area contributed by atoms with Crippen LogP contribution in [0.15, 0.2) is 35.2 Å². The number of hydrogen-bond donors (Lipinski definition) is 0. The van der Waals surface area contributed by atoms with Gasteiger partial charge in [-0.15, -0.1) is 0 Å². The highest BCUT2D eigenvalue weighted by Crippen LogP contribution is 2.24. The molecule has 0 N–H and O–H groups in total. The Hall–Kier alpha value is -1.69. The normalized spacial score (nSPS) is 12.0. The minimum absolute atomic E-state index is 0.271. The quantitative estimate of drug-likeness (QED) is 0.158. The second-order valence-electron chi connectivity index (χ2n) is 10.8. The third kappa shape index (κ3) is 11.1. The lowest BCUT2D eigenvalue weighted by molar-refractivity contribution is 0.305. The molecular formula is C31H49NO3S. The van der Waals surface area contributed by atoms with Crippen LogP contribution in [0.5, 0.6) is 0 Å². The summed E-state index contributed by atoms with van der Waals surface area (Å²) in [5.74, 6) is 0. The first kappa shape index (κ1) is 30.5. The Labute approximate surface area is 221 Å². The van der Waals surface area contributed by atoms with E-state index in [9.17, 15) is 8.42 Å². The SMILES string of the molecule is Cc1cc(C)cc(CN(C)CCCCCCCCCCCCOS(=O)(=O)c2c(C)cc(C)cc2C)c1. The predicted octanol–water partition coefficient (Wildman–Crippen LogP) is 7.97. The van der Waals surface area contributed by atoms with Crippen LogP contribution in [0.3, 0.4) is 0 Å². The Morgan fingerprint density at radius 3 is 1.61 bits per heavy atom. The van der Waals surface area contributed by atoms with Gasteiger partial charge in [-0.1, -0.05) is 98.4 Å². The Kier molecular flexibility index (Phi) is 13.2. The molecular weight excluding hydrogens is 466 g/mol. The zero-order chi connectivity index (χ0) is 26.6. The Morgan fingerprint density at radius 2 is 1.08 bits per heavy atom. The van der Waals surface area contributed by atoms with Crippen molar-refractivity contribution in [2.24, 2.45) is 0 Å². The molecule has 0 unspecified atom stereocenters. The van der Waals surface area contributed by atoms with E-state index in [1.807, 2.05) is 32.9 Å². The predicted molar refractivity (Wildman–Crippen MR) is 152 cm³/mol. The van der Waals surface area contributed by atoms with Crippen LogP contribution >= 0.6 is 0 Å². The van der Waals surface area contributed by atoms with Gasteiger partial charge in [0, 0.05) is 6.54 Å². The van der Waals surface area contributed by atoms with Crippen LogP contribution in [0, 0.1) is 34.6 Å². The molecule has 0 aromatic heterocycles. The van der Waals surface area contributed by atoms with Crippen molar-refractivity contribution in [1.29, 1.82) is 0 Å². The van der Waals surface area contributed by atoms with Gasteiger partial charge in [-0.05, 0) is 77.7 Å². The second kappa shape index (κ2) is 15.5. The van der Waals surface area contributed by atoms with E-state index in [0.29, 0.717) is 4.90 Å². The molecule has 0 aliphatic carbocycles. The average Bonchev–Trinajstić information content (AvgIpc) is 2.75. The van der Waals surface area contributed by atoms with E-state index in [2.05, 4.69) is 44.0 Å². The molecule has 36 heavy (non-hydrogen) atoms. The zero-order valence-electron chi connectivity index (χ0n) is 23.7. The van der Waals surface area contributed by atoms with Crippen molar-refractivity contribution in [3.63, 3.8) is 0 Å². The van der Waals surface area contributed by atoms with Crippen LogP contribution in [0.2, 0.25) is 0 Å². The maximum Gasteiger partial charge on any atom is 0.297 e. The highest BCUT2D eigenvalue weighted by Gasteiger charge is 2.20. The van der Waals surface area contributed by atoms with Crippen LogP contribution in [-0.2, 0) is 20.8 Å². The summed E-state index contributed by atoms with van der Waals surface area (Å²) in [5, 5.41) is 0. The molecule has 4 nitrogen and oxygen atoms in total. The number of benzene rings is 2. The van der Waals surface area contributed by atoms with Gasteiger partial charge < -0.3 is 4.90 Å². The van der Waals surface area contributed by atoms with Crippen molar-refractivity contribution in [1.82, 2.24) is 4.90 Å². The summed E-state index contributed by atoms with van der Waals surface area (Å²) in [7, 11) is -1.45. The first-order chi connectivity index (χ1) is 17.1. The lowest BCUT2D eigenvalue weighted by Gasteiger charge is -2.17. The number of aryl methyl sites for hydroxylation is 5. The summed E-state index contributed by atoms with van der Waals surface area (Å²) < 4.78 is 30.5. The van der Waals surface area contributed by atoms with E-state index in [1.54, 1.807) is 0 Å². The summed E-state index contributed by atoms with van der Waals surface area (Å²) in [6.45, 7) is 12.5. The van der Waals surface area contributed by atoms with Crippen LogP contribution in [0.25, 0.3) is 0 Å². The first-order valence-corrected chi connectivity index (χ1v) is 15.2. The highest BCUT2D eigenvalue weighted by atomic mass is 32.2.